The molecule has 0 heterocycles. The summed E-state index contributed by atoms with van der Waals surface area (Å²) in [7, 11) is 2.12. The van der Waals surface area contributed by atoms with E-state index in [4.69, 9.17) is 0 Å². The highest BCUT2D eigenvalue weighted by Crippen LogP contribution is 2.31. The van der Waals surface area contributed by atoms with Gasteiger partial charge in [-0.05, 0) is 50.6 Å². The molecule has 0 bridgehead atoms. The third kappa shape index (κ3) is 3.61. The van der Waals surface area contributed by atoms with Gasteiger partial charge in [0.25, 0.3) is 0 Å². The summed E-state index contributed by atoms with van der Waals surface area (Å²) in [6.45, 7) is 8.41. The summed E-state index contributed by atoms with van der Waals surface area (Å²) in [6.07, 6.45) is 4.05. The summed E-state index contributed by atoms with van der Waals surface area (Å²) in [6, 6.07) is 5.80. The summed E-state index contributed by atoms with van der Waals surface area (Å²) in [4.78, 5) is 2.29. The predicted octanol–water partition coefficient (Wildman–Crippen LogP) is 3.70. The Bertz CT molecular complexity index is 410. The van der Waals surface area contributed by atoms with E-state index in [0.717, 1.165) is 31.5 Å². The predicted molar refractivity (Wildman–Crippen MR) is 78.9 cm³/mol. The maximum Gasteiger partial charge on any atom is 0.123 e. The van der Waals surface area contributed by atoms with E-state index >= 15 is 0 Å². The van der Waals surface area contributed by atoms with Gasteiger partial charge < -0.3 is 10.0 Å². The second kappa shape index (κ2) is 7.22. The Morgan fingerprint density at radius 2 is 2.06 bits per heavy atom. The SMILES string of the molecule is C/C=C(/CCN(C)CC)c1c(O)cccc1CC. The number of phenolic OH excluding ortho intramolecular Hbond substituents is 1. The van der Waals surface area contributed by atoms with Crippen LogP contribution in [-0.2, 0) is 6.42 Å². The lowest BCUT2D eigenvalue weighted by Gasteiger charge is -2.18. The van der Waals surface area contributed by atoms with Gasteiger partial charge in [0.1, 0.15) is 5.75 Å². The van der Waals surface area contributed by atoms with Crippen LogP contribution >= 0.6 is 0 Å². The van der Waals surface area contributed by atoms with Crippen molar-refractivity contribution >= 4 is 5.57 Å². The molecule has 0 spiro atoms. The smallest absolute Gasteiger partial charge is 0.123 e. The van der Waals surface area contributed by atoms with Crippen LogP contribution in [0.3, 0.4) is 0 Å². The second-order valence-electron chi connectivity index (χ2n) is 4.62. The lowest BCUT2D eigenvalue weighted by molar-refractivity contribution is 0.362. The Labute approximate surface area is 111 Å². The van der Waals surface area contributed by atoms with Crippen LogP contribution in [0, 0.1) is 0 Å². The normalized spacial score (nSPS) is 12.2. The van der Waals surface area contributed by atoms with Gasteiger partial charge in [-0.15, -0.1) is 0 Å². The fourth-order valence-electron chi connectivity index (χ4n) is 2.14. The fraction of sp³-hybridized carbons (Fsp3) is 0.500. The number of hydrogen-bond acceptors (Lipinski definition) is 2. The van der Waals surface area contributed by atoms with Crippen LogP contribution in [-0.4, -0.2) is 30.1 Å². The average Bonchev–Trinajstić information content (AvgIpc) is 2.40. The Balaban J connectivity index is 2.95. The fourth-order valence-corrected chi connectivity index (χ4v) is 2.14. The van der Waals surface area contributed by atoms with Gasteiger partial charge >= 0.3 is 0 Å². The molecule has 0 atom stereocenters. The van der Waals surface area contributed by atoms with Crippen LogP contribution in [0.15, 0.2) is 24.3 Å². The Morgan fingerprint density at radius 3 is 2.61 bits per heavy atom. The Morgan fingerprint density at radius 1 is 1.33 bits per heavy atom. The van der Waals surface area contributed by atoms with Crippen molar-refractivity contribution in [1.29, 1.82) is 0 Å². The highest BCUT2D eigenvalue weighted by atomic mass is 16.3. The minimum Gasteiger partial charge on any atom is -0.507 e. The van der Waals surface area contributed by atoms with Crippen molar-refractivity contribution in [3.05, 3.63) is 35.4 Å². The largest absolute Gasteiger partial charge is 0.507 e. The van der Waals surface area contributed by atoms with E-state index in [9.17, 15) is 5.11 Å². The molecule has 0 fully saturated rings. The summed E-state index contributed by atoms with van der Waals surface area (Å²) in [5.74, 6) is 0.404. The number of allylic oxidation sites excluding steroid dienone is 1. The quantitative estimate of drug-likeness (QED) is 0.828. The van der Waals surface area contributed by atoms with Gasteiger partial charge in [0.05, 0.1) is 0 Å². The van der Waals surface area contributed by atoms with Crippen molar-refractivity contribution in [3.63, 3.8) is 0 Å². The molecule has 18 heavy (non-hydrogen) atoms. The first kappa shape index (κ1) is 14.8. The molecule has 1 aromatic rings. The minimum absolute atomic E-state index is 0.404. The van der Waals surface area contributed by atoms with Crippen molar-refractivity contribution < 1.29 is 5.11 Å². The van der Waals surface area contributed by atoms with Gasteiger partial charge in [-0.25, -0.2) is 0 Å². The van der Waals surface area contributed by atoms with Gasteiger partial charge in [0, 0.05) is 12.1 Å². The number of rotatable bonds is 6. The molecule has 2 nitrogen and oxygen atoms in total. The van der Waals surface area contributed by atoms with Crippen LogP contribution in [0.25, 0.3) is 5.57 Å². The lowest BCUT2D eigenvalue weighted by Crippen LogP contribution is -2.19. The van der Waals surface area contributed by atoms with Crippen LogP contribution in [0.5, 0.6) is 5.75 Å². The van der Waals surface area contributed by atoms with Crippen molar-refractivity contribution in [2.45, 2.75) is 33.6 Å². The number of aromatic hydroxyl groups is 1. The monoisotopic (exact) mass is 247 g/mol. The third-order valence-electron chi connectivity index (χ3n) is 3.48. The van der Waals surface area contributed by atoms with Crippen LogP contribution < -0.4 is 0 Å². The first-order valence-corrected chi connectivity index (χ1v) is 6.78. The van der Waals surface area contributed by atoms with Crippen LogP contribution in [0.2, 0.25) is 0 Å². The van der Waals surface area contributed by atoms with Gasteiger partial charge in [-0.3, -0.25) is 0 Å². The maximum atomic E-state index is 10.1. The third-order valence-corrected chi connectivity index (χ3v) is 3.48. The van der Waals surface area contributed by atoms with E-state index in [0.29, 0.717) is 5.75 Å². The summed E-state index contributed by atoms with van der Waals surface area (Å²) < 4.78 is 0. The topological polar surface area (TPSA) is 23.5 Å². The first-order valence-electron chi connectivity index (χ1n) is 6.78. The van der Waals surface area contributed by atoms with Gasteiger partial charge in [-0.1, -0.05) is 32.1 Å². The molecular formula is C16H25NO. The van der Waals surface area contributed by atoms with Crippen molar-refractivity contribution in [3.8, 4) is 5.75 Å². The zero-order valence-corrected chi connectivity index (χ0v) is 12.0. The maximum absolute atomic E-state index is 10.1. The first-order chi connectivity index (χ1) is 8.63. The number of phenols is 1. The van der Waals surface area contributed by atoms with Crippen molar-refractivity contribution in [1.82, 2.24) is 4.90 Å². The number of aryl methyl sites for hydroxylation is 1. The zero-order valence-electron chi connectivity index (χ0n) is 12.0. The van der Waals surface area contributed by atoms with Crippen LogP contribution in [0.4, 0.5) is 0 Å². The van der Waals surface area contributed by atoms with E-state index < -0.39 is 0 Å². The van der Waals surface area contributed by atoms with Gasteiger partial charge in [0.2, 0.25) is 0 Å². The molecule has 1 aromatic carbocycles. The van der Waals surface area contributed by atoms with E-state index in [2.05, 4.69) is 37.9 Å². The standard InChI is InChI=1S/C16H25NO/c1-5-13-9-8-10-15(18)16(13)14(6-2)11-12-17(4)7-3/h6,8-10,18H,5,7,11-12H2,1-4H3/b14-6-. The van der Waals surface area contributed by atoms with Crippen molar-refractivity contribution in [2.24, 2.45) is 0 Å². The number of benzene rings is 1. The summed E-state index contributed by atoms with van der Waals surface area (Å²) in [5, 5.41) is 10.1. The molecule has 0 saturated carbocycles. The Hall–Kier alpha value is -1.28. The molecule has 0 radical (unpaired) electrons. The molecule has 2 heteroatoms. The van der Waals surface area contributed by atoms with Crippen LogP contribution in [0.1, 0.15) is 38.3 Å². The second-order valence-corrected chi connectivity index (χ2v) is 4.62. The molecular weight excluding hydrogens is 222 g/mol. The molecule has 0 aliphatic heterocycles. The molecule has 0 saturated heterocycles. The van der Waals surface area contributed by atoms with Gasteiger partial charge in [-0.2, -0.15) is 0 Å². The van der Waals surface area contributed by atoms with E-state index in [1.165, 1.54) is 11.1 Å². The van der Waals surface area contributed by atoms with Crippen molar-refractivity contribution in [2.75, 3.05) is 20.1 Å². The molecule has 0 unspecified atom stereocenters. The summed E-state index contributed by atoms with van der Waals surface area (Å²) in [5.41, 5.74) is 3.50. The molecule has 0 aromatic heterocycles. The zero-order chi connectivity index (χ0) is 13.5. The Kier molecular flexibility index (Phi) is 5.93. The summed E-state index contributed by atoms with van der Waals surface area (Å²) >= 11 is 0. The highest BCUT2D eigenvalue weighted by Gasteiger charge is 2.11. The molecule has 0 aliphatic carbocycles. The minimum atomic E-state index is 0.404. The number of hydrogen-bond donors (Lipinski definition) is 1. The molecule has 100 valence electrons. The highest BCUT2D eigenvalue weighted by molar-refractivity contribution is 5.73. The molecule has 1 rings (SSSR count). The van der Waals surface area contributed by atoms with Gasteiger partial charge in [0.15, 0.2) is 0 Å². The molecule has 1 N–H and O–H groups in total. The molecule has 0 aliphatic rings. The van der Waals surface area contributed by atoms with E-state index in [1.54, 1.807) is 6.07 Å². The average molecular weight is 247 g/mol. The molecule has 0 amide bonds. The number of nitrogens with zero attached hydrogens (tertiary/aromatic N) is 1. The van der Waals surface area contributed by atoms with E-state index in [1.807, 2.05) is 13.0 Å². The lowest BCUT2D eigenvalue weighted by atomic mass is 9.94. The van der Waals surface area contributed by atoms with E-state index in [-0.39, 0.29) is 0 Å².